The maximum absolute atomic E-state index is 14.0. The molecule has 1 aliphatic rings. The summed E-state index contributed by atoms with van der Waals surface area (Å²) in [7, 11) is 0. The van der Waals surface area contributed by atoms with E-state index in [1.807, 2.05) is 27.7 Å². The third kappa shape index (κ3) is 5.26. The van der Waals surface area contributed by atoms with Gasteiger partial charge in [-0.25, -0.2) is 9.29 Å². The van der Waals surface area contributed by atoms with Gasteiger partial charge in [-0.1, -0.05) is 27.7 Å². The standard InChI is InChI=1S/C16H24FNO6.2C2H6/c1-8-10(17)12(20)9(13(21)11(8)19)16(22,23)18-6-14(2,3)24-15(4,5)7-18;2*1-2/h19-23H,6-7H2,1-5H3;2*1-2H3. The smallest absolute Gasteiger partial charge is 0.261 e. The molecule has 1 fully saturated rings. The monoisotopic (exact) mass is 405 g/mol. The number of phenols is 3. The van der Waals surface area contributed by atoms with Gasteiger partial charge < -0.3 is 30.3 Å². The fraction of sp³-hybridized carbons (Fsp3) is 0.700. The molecule has 28 heavy (non-hydrogen) atoms. The highest BCUT2D eigenvalue weighted by atomic mass is 19.1. The predicted octanol–water partition coefficient (Wildman–Crippen LogP) is 3.29. The molecule has 1 heterocycles. The van der Waals surface area contributed by atoms with E-state index in [-0.39, 0.29) is 13.1 Å². The lowest BCUT2D eigenvalue weighted by Gasteiger charge is -2.50. The summed E-state index contributed by atoms with van der Waals surface area (Å²) >= 11 is 0. The zero-order chi connectivity index (χ0) is 22.7. The average molecular weight is 406 g/mol. The van der Waals surface area contributed by atoms with E-state index in [9.17, 15) is 29.9 Å². The van der Waals surface area contributed by atoms with Crippen LogP contribution in [0.1, 0.15) is 66.5 Å². The lowest BCUT2D eigenvalue weighted by molar-refractivity contribution is -0.322. The van der Waals surface area contributed by atoms with E-state index < -0.39 is 51.3 Å². The number of rotatable bonds is 2. The summed E-state index contributed by atoms with van der Waals surface area (Å²) in [5.74, 6) is -7.13. The number of benzene rings is 1. The van der Waals surface area contributed by atoms with Crippen LogP contribution in [-0.4, -0.2) is 54.7 Å². The molecule has 1 aliphatic heterocycles. The molecule has 0 saturated carbocycles. The van der Waals surface area contributed by atoms with Crippen LogP contribution in [-0.2, 0) is 10.6 Å². The third-order valence-corrected chi connectivity index (χ3v) is 4.06. The summed E-state index contributed by atoms with van der Waals surface area (Å²) in [6.45, 7) is 16.2. The van der Waals surface area contributed by atoms with Gasteiger partial charge in [0, 0.05) is 18.7 Å². The quantitative estimate of drug-likeness (QED) is 0.291. The first kappa shape index (κ1) is 26.4. The van der Waals surface area contributed by atoms with Crippen LogP contribution in [0.25, 0.3) is 0 Å². The molecule has 0 atom stereocenters. The Morgan fingerprint density at radius 1 is 0.857 bits per heavy atom. The first-order chi connectivity index (χ1) is 12.7. The van der Waals surface area contributed by atoms with E-state index in [4.69, 9.17) is 4.74 Å². The lowest BCUT2D eigenvalue weighted by atomic mass is 9.95. The van der Waals surface area contributed by atoms with Crippen LogP contribution < -0.4 is 0 Å². The minimum absolute atomic E-state index is 0.0264. The van der Waals surface area contributed by atoms with Gasteiger partial charge in [-0.2, -0.15) is 0 Å². The Balaban J connectivity index is 0.00000171. The molecule has 7 nitrogen and oxygen atoms in total. The first-order valence-corrected chi connectivity index (χ1v) is 9.53. The second-order valence-corrected chi connectivity index (χ2v) is 7.47. The second-order valence-electron chi connectivity index (χ2n) is 7.47. The van der Waals surface area contributed by atoms with E-state index in [0.29, 0.717) is 0 Å². The number of ether oxygens (including phenoxy) is 1. The third-order valence-electron chi connectivity index (χ3n) is 4.06. The summed E-state index contributed by atoms with van der Waals surface area (Å²) in [5, 5.41) is 51.0. The van der Waals surface area contributed by atoms with Gasteiger partial charge in [0.15, 0.2) is 23.1 Å². The second kappa shape index (κ2) is 9.26. The summed E-state index contributed by atoms with van der Waals surface area (Å²) in [6, 6.07) is 0. The van der Waals surface area contributed by atoms with Crippen molar-refractivity contribution in [3.63, 3.8) is 0 Å². The fourth-order valence-corrected chi connectivity index (χ4v) is 3.28. The highest BCUT2D eigenvalue weighted by Gasteiger charge is 2.49. The maximum atomic E-state index is 14.0. The molecule has 0 aromatic heterocycles. The molecular weight excluding hydrogens is 369 g/mol. The Labute approximate surface area is 167 Å². The van der Waals surface area contributed by atoms with Crippen molar-refractivity contribution in [3.05, 3.63) is 16.9 Å². The van der Waals surface area contributed by atoms with Crippen LogP contribution in [0.3, 0.4) is 0 Å². The largest absolute Gasteiger partial charge is 0.504 e. The topological polar surface area (TPSA) is 114 Å². The number of aliphatic hydroxyl groups is 2. The van der Waals surface area contributed by atoms with Crippen molar-refractivity contribution >= 4 is 0 Å². The van der Waals surface area contributed by atoms with E-state index in [1.165, 1.54) is 0 Å². The Bertz CT molecular complexity index is 628. The van der Waals surface area contributed by atoms with E-state index in [1.54, 1.807) is 27.7 Å². The van der Waals surface area contributed by atoms with Gasteiger partial charge in [-0.3, -0.25) is 0 Å². The number of halogens is 1. The molecule has 1 saturated heterocycles. The maximum Gasteiger partial charge on any atom is 0.261 e. The molecule has 0 amide bonds. The molecule has 1 aromatic carbocycles. The van der Waals surface area contributed by atoms with Crippen molar-refractivity contribution in [2.24, 2.45) is 0 Å². The molecule has 2 rings (SSSR count). The number of phenolic OH excluding ortho intramolecular Hbond substituents is 3. The zero-order valence-electron chi connectivity index (χ0n) is 18.4. The van der Waals surface area contributed by atoms with Crippen molar-refractivity contribution in [1.29, 1.82) is 0 Å². The SMILES string of the molecule is CC.CC.Cc1c(O)c(O)c(C(O)(O)N2CC(C)(C)OC(C)(C)C2)c(O)c1F. The minimum Gasteiger partial charge on any atom is -0.504 e. The number of nitrogens with zero attached hydrogens (tertiary/aromatic N) is 1. The summed E-state index contributed by atoms with van der Waals surface area (Å²) in [5.41, 5.74) is -2.84. The summed E-state index contributed by atoms with van der Waals surface area (Å²) in [4.78, 5) is 1.14. The molecule has 0 bridgehead atoms. The number of hydrogen-bond acceptors (Lipinski definition) is 7. The lowest BCUT2D eigenvalue weighted by Crippen LogP contribution is -2.63. The van der Waals surface area contributed by atoms with E-state index in [0.717, 1.165) is 11.8 Å². The van der Waals surface area contributed by atoms with Gasteiger partial charge in [-0.05, 0) is 34.6 Å². The van der Waals surface area contributed by atoms with Gasteiger partial charge >= 0.3 is 0 Å². The average Bonchev–Trinajstić information content (AvgIpc) is 2.59. The van der Waals surface area contributed by atoms with Gasteiger partial charge in [0.05, 0.1) is 11.2 Å². The number of aromatic hydroxyl groups is 3. The first-order valence-electron chi connectivity index (χ1n) is 9.53. The fourth-order valence-electron chi connectivity index (χ4n) is 3.28. The van der Waals surface area contributed by atoms with Crippen LogP contribution in [0.2, 0.25) is 0 Å². The predicted molar refractivity (Wildman–Crippen MR) is 106 cm³/mol. The van der Waals surface area contributed by atoms with E-state index in [2.05, 4.69) is 0 Å². The zero-order valence-corrected chi connectivity index (χ0v) is 18.4. The molecule has 164 valence electrons. The molecule has 8 heteroatoms. The van der Waals surface area contributed by atoms with Crippen LogP contribution >= 0.6 is 0 Å². The van der Waals surface area contributed by atoms with Crippen molar-refractivity contribution in [1.82, 2.24) is 4.90 Å². The molecular formula is C20H36FNO6. The summed E-state index contributed by atoms with van der Waals surface area (Å²) in [6.07, 6.45) is 0. The number of hydrogen-bond donors (Lipinski definition) is 5. The van der Waals surface area contributed by atoms with Crippen LogP contribution in [0.15, 0.2) is 0 Å². The van der Waals surface area contributed by atoms with Crippen LogP contribution in [0, 0.1) is 12.7 Å². The Hall–Kier alpha value is -1.61. The Morgan fingerprint density at radius 3 is 1.64 bits per heavy atom. The molecule has 0 spiro atoms. The minimum atomic E-state index is -2.92. The van der Waals surface area contributed by atoms with Gasteiger partial charge in [0.1, 0.15) is 5.56 Å². The highest BCUT2D eigenvalue weighted by Crippen LogP contribution is 2.47. The molecule has 1 aromatic rings. The summed E-state index contributed by atoms with van der Waals surface area (Å²) < 4.78 is 19.9. The van der Waals surface area contributed by atoms with E-state index >= 15 is 0 Å². The van der Waals surface area contributed by atoms with Crippen molar-refractivity contribution in [2.45, 2.75) is 79.4 Å². The van der Waals surface area contributed by atoms with Gasteiger partial charge in [-0.15, -0.1) is 0 Å². The Kier molecular flexibility index (Phi) is 8.73. The van der Waals surface area contributed by atoms with Crippen molar-refractivity contribution < 1.29 is 34.7 Å². The normalized spacial score (nSPS) is 18.4. The van der Waals surface area contributed by atoms with Crippen molar-refractivity contribution in [3.8, 4) is 17.2 Å². The molecule has 0 radical (unpaired) electrons. The number of morpholine rings is 1. The molecule has 0 unspecified atom stereocenters. The van der Waals surface area contributed by atoms with Crippen molar-refractivity contribution in [2.75, 3.05) is 13.1 Å². The molecule has 0 aliphatic carbocycles. The molecule has 5 N–H and O–H groups in total. The van der Waals surface area contributed by atoms with Crippen LogP contribution in [0.4, 0.5) is 4.39 Å². The van der Waals surface area contributed by atoms with Gasteiger partial charge in [0.25, 0.3) is 5.91 Å². The van der Waals surface area contributed by atoms with Gasteiger partial charge in [0.2, 0.25) is 0 Å². The van der Waals surface area contributed by atoms with Crippen LogP contribution in [0.5, 0.6) is 17.2 Å². The highest BCUT2D eigenvalue weighted by molar-refractivity contribution is 5.58. The Morgan fingerprint density at radius 2 is 1.25 bits per heavy atom.